The lowest BCUT2D eigenvalue weighted by Crippen LogP contribution is -1.91. The Kier molecular flexibility index (Phi) is 2.67. The Morgan fingerprint density at radius 2 is 2.10 bits per heavy atom. The number of nitrogens with zero attached hydrogens (tertiary/aromatic N) is 4. The third-order valence-electron chi connectivity index (χ3n) is 4.18. The van der Waals surface area contributed by atoms with Crippen molar-refractivity contribution in [3.63, 3.8) is 0 Å². The first-order chi connectivity index (χ1) is 10.2. The average molecular weight is 280 g/mol. The topological polar surface area (TPSA) is 56.7 Å². The molecule has 1 fully saturated rings. The van der Waals surface area contributed by atoms with Gasteiger partial charge in [0.25, 0.3) is 0 Å². The van der Waals surface area contributed by atoms with Crippen molar-refractivity contribution in [3.8, 4) is 11.5 Å². The van der Waals surface area contributed by atoms with Crippen LogP contribution < -0.4 is 0 Å². The molecule has 1 aliphatic rings. The fourth-order valence-corrected chi connectivity index (χ4v) is 2.88. The van der Waals surface area contributed by atoms with Crippen molar-refractivity contribution in [1.82, 2.24) is 19.7 Å². The molecule has 0 bridgehead atoms. The zero-order chi connectivity index (χ0) is 14.4. The predicted molar refractivity (Wildman–Crippen MR) is 77.8 cm³/mol. The molecule has 0 spiro atoms. The van der Waals surface area contributed by atoms with E-state index in [0.29, 0.717) is 17.7 Å². The monoisotopic (exact) mass is 280 g/mol. The van der Waals surface area contributed by atoms with Gasteiger partial charge in [0.15, 0.2) is 0 Å². The summed E-state index contributed by atoms with van der Waals surface area (Å²) in [6.45, 7) is 2.15. The highest BCUT2D eigenvalue weighted by atomic mass is 16.5. The van der Waals surface area contributed by atoms with Crippen LogP contribution in [0, 0.1) is 6.92 Å². The third kappa shape index (κ3) is 2.05. The fraction of sp³-hybridized carbons (Fsp3) is 0.312. The zero-order valence-electron chi connectivity index (χ0n) is 12.0. The highest BCUT2D eigenvalue weighted by Crippen LogP contribution is 2.54. The Balaban J connectivity index is 1.59. The molecule has 0 aliphatic heterocycles. The Morgan fingerprint density at radius 1 is 1.24 bits per heavy atom. The number of imidazole rings is 1. The first kappa shape index (κ1) is 12.3. The standard InChI is InChI=1S/C16H16N4O/c1-10-5-3-4-6-11(10)12-7-13(12)16-18-15(19-21-16)14-8-17-9-20(14)2/h3-6,8-9,12-13H,7H2,1-2H3/t12-,13+/m0/s1. The van der Waals surface area contributed by atoms with Crippen LogP contribution >= 0.6 is 0 Å². The molecule has 5 heteroatoms. The summed E-state index contributed by atoms with van der Waals surface area (Å²) in [5.74, 6) is 2.20. The zero-order valence-corrected chi connectivity index (χ0v) is 12.0. The van der Waals surface area contributed by atoms with Gasteiger partial charge >= 0.3 is 0 Å². The normalized spacial score (nSPS) is 20.7. The second-order valence-corrected chi connectivity index (χ2v) is 5.65. The molecule has 3 aromatic rings. The van der Waals surface area contributed by atoms with Gasteiger partial charge in [0.05, 0.1) is 12.5 Å². The van der Waals surface area contributed by atoms with E-state index in [2.05, 4.69) is 46.3 Å². The molecule has 2 atom stereocenters. The molecule has 1 aromatic carbocycles. The lowest BCUT2D eigenvalue weighted by atomic mass is 10.0. The average Bonchev–Trinajstić information content (AvgIpc) is 2.91. The summed E-state index contributed by atoms with van der Waals surface area (Å²) in [6.07, 6.45) is 4.57. The summed E-state index contributed by atoms with van der Waals surface area (Å²) in [5, 5.41) is 4.08. The van der Waals surface area contributed by atoms with Gasteiger partial charge in [-0.05, 0) is 30.4 Å². The van der Waals surface area contributed by atoms with Gasteiger partial charge in [-0.3, -0.25) is 0 Å². The molecule has 0 radical (unpaired) electrons. The first-order valence-electron chi connectivity index (χ1n) is 7.10. The Labute approximate surface area is 122 Å². The minimum Gasteiger partial charge on any atom is -0.339 e. The Bertz CT molecular complexity index is 789. The summed E-state index contributed by atoms with van der Waals surface area (Å²) in [7, 11) is 1.92. The summed E-state index contributed by atoms with van der Waals surface area (Å²) in [5.41, 5.74) is 3.59. The van der Waals surface area contributed by atoms with E-state index >= 15 is 0 Å². The van der Waals surface area contributed by atoms with E-state index in [0.717, 1.165) is 18.0 Å². The van der Waals surface area contributed by atoms with Crippen molar-refractivity contribution in [2.45, 2.75) is 25.2 Å². The highest BCUT2D eigenvalue weighted by molar-refractivity contribution is 5.47. The molecule has 4 rings (SSSR count). The second-order valence-electron chi connectivity index (χ2n) is 5.65. The lowest BCUT2D eigenvalue weighted by molar-refractivity contribution is 0.378. The van der Waals surface area contributed by atoms with Crippen molar-refractivity contribution in [2.24, 2.45) is 7.05 Å². The van der Waals surface area contributed by atoms with Crippen molar-refractivity contribution in [2.75, 3.05) is 0 Å². The van der Waals surface area contributed by atoms with E-state index in [1.807, 2.05) is 11.6 Å². The van der Waals surface area contributed by atoms with Crippen LogP contribution in [-0.2, 0) is 7.05 Å². The van der Waals surface area contributed by atoms with Gasteiger partial charge in [0.2, 0.25) is 11.7 Å². The van der Waals surface area contributed by atoms with Crippen molar-refractivity contribution >= 4 is 0 Å². The number of hydrogen-bond donors (Lipinski definition) is 0. The van der Waals surface area contributed by atoms with Gasteiger partial charge in [-0.1, -0.05) is 29.4 Å². The quantitative estimate of drug-likeness (QED) is 0.740. The molecule has 2 aromatic heterocycles. The van der Waals surface area contributed by atoms with E-state index in [1.54, 1.807) is 12.5 Å². The molecule has 1 saturated carbocycles. The van der Waals surface area contributed by atoms with Gasteiger partial charge in [0.1, 0.15) is 5.69 Å². The van der Waals surface area contributed by atoms with Crippen LogP contribution in [0.5, 0.6) is 0 Å². The minimum atomic E-state index is 0.348. The molecule has 0 unspecified atom stereocenters. The molecule has 1 aliphatic carbocycles. The molecule has 2 heterocycles. The van der Waals surface area contributed by atoms with Gasteiger partial charge in [-0.25, -0.2) is 4.98 Å². The largest absolute Gasteiger partial charge is 0.339 e. The number of aryl methyl sites for hydroxylation is 2. The number of rotatable bonds is 3. The van der Waals surface area contributed by atoms with Crippen LogP contribution in [0.25, 0.3) is 11.5 Å². The van der Waals surface area contributed by atoms with Crippen LogP contribution in [0.4, 0.5) is 0 Å². The first-order valence-corrected chi connectivity index (χ1v) is 7.10. The second kappa shape index (κ2) is 4.55. The van der Waals surface area contributed by atoms with E-state index < -0.39 is 0 Å². The van der Waals surface area contributed by atoms with Crippen LogP contribution in [0.15, 0.2) is 41.3 Å². The molecule has 21 heavy (non-hydrogen) atoms. The summed E-state index contributed by atoms with van der Waals surface area (Å²) < 4.78 is 7.35. The lowest BCUT2D eigenvalue weighted by Gasteiger charge is -2.02. The van der Waals surface area contributed by atoms with E-state index in [4.69, 9.17) is 4.52 Å². The van der Waals surface area contributed by atoms with Crippen LogP contribution in [0.1, 0.15) is 35.3 Å². The molecular weight excluding hydrogens is 264 g/mol. The SMILES string of the molecule is Cc1ccccc1[C@@H]1C[C@H]1c1nc(-c2cncn2C)no1. The van der Waals surface area contributed by atoms with Crippen LogP contribution in [0.3, 0.4) is 0 Å². The molecular formula is C16H16N4O. The smallest absolute Gasteiger partial charge is 0.230 e. The maximum Gasteiger partial charge on any atom is 0.230 e. The maximum absolute atomic E-state index is 5.46. The summed E-state index contributed by atoms with van der Waals surface area (Å²) in [4.78, 5) is 8.63. The molecule has 5 nitrogen and oxygen atoms in total. The third-order valence-corrected chi connectivity index (χ3v) is 4.18. The highest BCUT2D eigenvalue weighted by Gasteiger charge is 2.44. The number of hydrogen-bond acceptors (Lipinski definition) is 4. The van der Waals surface area contributed by atoms with Gasteiger partial charge in [0, 0.05) is 13.0 Å². The molecule has 106 valence electrons. The van der Waals surface area contributed by atoms with Crippen LogP contribution in [-0.4, -0.2) is 19.7 Å². The van der Waals surface area contributed by atoms with E-state index in [1.165, 1.54) is 11.1 Å². The van der Waals surface area contributed by atoms with Crippen LogP contribution in [0.2, 0.25) is 0 Å². The molecule has 0 amide bonds. The van der Waals surface area contributed by atoms with E-state index in [9.17, 15) is 0 Å². The fourth-order valence-electron chi connectivity index (χ4n) is 2.88. The summed E-state index contributed by atoms with van der Waals surface area (Å²) in [6, 6.07) is 8.51. The van der Waals surface area contributed by atoms with Gasteiger partial charge in [-0.15, -0.1) is 0 Å². The predicted octanol–water partition coefficient (Wildman–Crippen LogP) is 3.05. The van der Waals surface area contributed by atoms with Crippen molar-refractivity contribution < 1.29 is 4.52 Å². The number of aromatic nitrogens is 4. The molecule has 0 saturated heterocycles. The maximum atomic E-state index is 5.46. The Morgan fingerprint density at radius 3 is 2.86 bits per heavy atom. The van der Waals surface area contributed by atoms with Crippen molar-refractivity contribution in [1.29, 1.82) is 0 Å². The van der Waals surface area contributed by atoms with E-state index in [-0.39, 0.29) is 0 Å². The number of benzene rings is 1. The van der Waals surface area contributed by atoms with Crippen molar-refractivity contribution in [3.05, 3.63) is 53.8 Å². The van der Waals surface area contributed by atoms with Gasteiger partial charge < -0.3 is 9.09 Å². The molecule has 0 N–H and O–H groups in total. The Hall–Kier alpha value is -2.43. The van der Waals surface area contributed by atoms with Gasteiger partial charge in [-0.2, -0.15) is 4.98 Å². The minimum absolute atomic E-state index is 0.348. The summed E-state index contributed by atoms with van der Waals surface area (Å²) >= 11 is 0.